The van der Waals surface area contributed by atoms with Gasteiger partial charge in [0.15, 0.2) is 0 Å². The van der Waals surface area contributed by atoms with E-state index in [0.29, 0.717) is 22.9 Å². The molecule has 0 radical (unpaired) electrons. The van der Waals surface area contributed by atoms with Crippen LogP contribution in [0.25, 0.3) is 0 Å². The molecule has 0 spiro atoms. The zero-order valence-corrected chi connectivity index (χ0v) is 10.6. The topological polar surface area (TPSA) is 38.0 Å². The molecule has 1 atom stereocenters. The Morgan fingerprint density at radius 3 is 2.94 bits per heavy atom. The number of rotatable bonds is 4. The lowest BCUT2D eigenvalue weighted by Crippen LogP contribution is -2.28. The first-order valence-electron chi connectivity index (χ1n) is 5.00. The Balaban J connectivity index is 2.85. The van der Waals surface area contributed by atoms with Gasteiger partial charge in [-0.15, -0.1) is 11.8 Å². The van der Waals surface area contributed by atoms with Crippen molar-refractivity contribution in [2.75, 3.05) is 0 Å². The molecule has 1 rings (SSSR count). The molecule has 86 valence electrons. The Hall–Kier alpha value is -0.890. The molecule has 1 aromatic rings. The molecule has 1 aromatic carbocycles. The van der Waals surface area contributed by atoms with Crippen LogP contribution >= 0.6 is 15.9 Å². The molecule has 1 unspecified atom stereocenters. The number of hydrogen-bond donors (Lipinski definition) is 2. The zero-order chi connectivity index (χ0) is 12.0. The summed E-state index contributed by atoms with van der Waals surface area (Å²) < 4.78 is 14.2. The lowest BCUT2D eigenvalue weighted by molar-refractivity contribution is 0.489. The van der Waals surface area contributed by atoms with E-state index in [1.54, 1.807) is 25.1 Å². The number of hydrogen-bond acceptors (Lipinski definition) is 2. The first kappa shape index (κ1) is 13.2. The standard InChI is InChI=1S/C12H14BrFN2/c1-2-3-4-8-11(16-15)9-6-5-7-10(13)12(9)14/h5-7,11,16H,4,8,15H2,1H3. The maximum absolute atomic E-state index is 13.8. The van der Waals surface area contributed by atoms with E-state index >= 15 is 0 Å². The van der Waals surface area contributed by atoms with E-state index < -0.39 is 0 Å². The monoisotopic (exact) mass is 284 g/mol. The van der Waals surface area contributed by atoms with Crippen molar-refractivity contribution in [1.82, 2.24) is 5.43 Å². The van der Waals surface area contributed by atoms with Crippen molar-refractivity contribution in [2.24, 2.45) is 5.84 Å². The molecule has 0 fully saturated rings. The van der Waals surface area contributed by atoms with Crippen LogP contribution in [0.3, 0.4) is 0 Å². The van der Waals surface area contributed by atoms with Crippen LogP contribution in [0, 0.1) is 17.7 Å². The summed E-state index contributed by atoms with van der Waals surface area (Å²) in [6, 6.07) is 4.97. The minimum absolute atomic E-state index is 0.210. The third-order valence-electron chi connectivity index (χ3n) is 2.29. The van der Waals surface area contributed by atoms with E-state index in [4.69, 9.17) is 5.84 Å². The van der Waals surface area contributed by atoms with E-state index in [9.17, 15) is 4.39 Å². The fourth-order valence-corrected chi connectivity index (χ4v) is 1.84. The number of halogens is 2. The number of nitrogens with one attached hydrogen (secondary N) is 1. The fraction of sp³-hybridized carbons (Fsp3) is 0.333. The van der Waals surface area contributed by atoms with Gasteiger partial charge in [-0.25, -0.2) is 4.39 Å². The third-order valence-corrected chi connectivity index (χ3v) is 2.91. The van der Waals surface area contributed by atoms with Crippen LogP contribution in [-0.4, -0.2) is 0 Å². The summed E-state index contributed by atoms with van der Waals surface area (Å²) in [6.07, 6.45) is 1.38. The van der Waals surface area contributed by atoms with Crippen molar-refractivity contribution in [2.45, 2.75) is 25.8 Å². The summed E-state index contributed by atoms with van der Waals surface area (Å²) in [7, 11) is 0. The molecule has 4 heteroatoms. The average Bonchev–Trinajstić information content (AvgIpc) is 2.29. The highest BCUT2D eigenvalue weighted by atomic mass is 79.9. The normalized spacial score (nSPS) is 11.8. The maximum Gasteiger partial charge on any atom is 0.142 e. The van der Waals surface area contributed by atoms with Crippen molar-refractivity contribution in [3.8, 4) is 11.8 Å². The van der Waals surface area contributed by atoms with E-state index in [1.807, 2.05) is 0 Å². The molecular weight excluding hydrogens is 271 g/mol. The molecule has 0 aliphatic heterocycles. The second kappa shape index (κ2) is 6.64. The largest absolute Gasteiger partial charge is 0.271 e. The average molecular weight is 285 g/mol. The lowest BCUT2D eigenvalue weighted by Gasteiger charge is -2.16. The minimum Gasteiger partial charge on any atom is -0.271 e. The van der Waals surface area contributed by atoms with Gasteiger partial charge in [-0.3, -0.25) is 11.3 Å². The van der Waals surface area contributed by atoms with E-state index in [2.05, 4.69) is 33.2 Å². The fourth-order valence-electron chi connectivity index (χ4n) is 1.46. The van der Waals surface area contributed by atoms with Gasteiger partial charge >= 0.3 is 0 Å². The number of hydrazine groups is 1. The summed E-state index contributed by atoms with van der Waals surface area (Å²) in [5.41, 5.74) is 3.18. The van der Waals surface area contributed by atoms with Gasteiger partial charge in [-0.1, -0.05) is 12.1 Å². The van der Waals surface area contributed by atoms with Crippen LogP contribution in [0.4, 0.5) is 4.39 Å². The molecular formula is C12H14BrFN2. The molecule has 0 saturated heterocycles. The van der Waals surface area contributed by atoms with Gasteiger partial charge in [0.1, 0.15) is 5.82 Å². The van der Waals surface area contributed by atoms with Gasteiger partial charge in [0, 0.05) is 18.0 Å². The molecule has 16 heavy (non-hydrogen) atoms. The minimum atomic E-state index is -0.269. The lowest BCUT2D eigenvalue weighted by atomic mass is 10.0. The van der Waals surface area contributed by atoms with E-state index in [-0.39, 0.29) is 11.9 Å². The van der Waals surface area contributed by atoms with Crippen molar-refractivity contribution in [1.29, 1.82) is 0 Å². The second-order valence-corrected chi connectivity index (χ2v) is 4.18. The van der Waals surface area contributed by atoms with Crippen LogP contribution in [-0.2, 0) is 0 Å². The van der Waals surface area contributed by atoms with Gasteiger partial charge in [-0.05, 0) is 35.3 Å². The molecule has 3 N–H and O–H groups in total. The summed E-state index contributed by atoms with van der Waals surface area (Å²) in [6.45, 7) is 1.78. The van der Waals surface area contributed by atoms with Gasteiger partial charge < -0.3 is 0 Å². The van der Waals surface area contributed by atoms with Crippen LogP contribution in [0.2, 0.25) is 0 Å². The van der Waals surface area contributed by atoms with Crippen molar-refractivity contribution in [3.05, 3.63) is 34.1 Å². The molecule has 2 nitrogen and oxygen atoms in total. The third kappa shape index (κ3) is 3.31. The summed E-state index contributed by atoms with van der Waals surface area (Å²) in [5, 5.41) is 0. The zero-order valence-electron chi connectivity index (χ0n) is 9.06. The Bertz CT molecular complexity index is 409. The molecule has 0 saturated carbocycles. The maximum atomic E-state index is 13.8. The molecule has 0 aliphatic carbocycles. The Labute approximate surface area is 104 Å². The summed E-state index contributed by atoms with van der Waals surface area (Å²) in [4.78, 5) is 0. The Morgan fingerprint density at radius 1 is 1.56 bits per heavy atom. The smallest absolute Gasteiger partial charge is 0.142 e. The van der Waals surface area contributed by atoms with Gasteiger partial charge in [-0.2, -0.15) is 0 Å². The predicted octanol–water partition coefficient (Wildman–Crippen LogP) is 2.90. The van der Waals surface area contributed by atoms with E-state index in [1.165, 1.54) is 0 Å². The summed E-state index contributed by atoms with van der Waals surface area (Å²) in [5.74, 6) is 10.9. The van der Waals surface area contributed by atoms with Crippen LogP contribution in [0.15, 0.2) is 22.7 Å². The highest BCUT2D eigenvalue weighted by Crippen LogP contribution is 2.25. The van der Waals surface area contributed by atoms with Crippen molar-refractivity contribution in [3.63, 3.8) is 0 Å². The SMILES string of the molecule is CC#CCCC(NN)c1cccc(Br)c1F. The predicted molar refractivity (Wildman–Crippen MR) is 66.8 cm³/mol. The van der Waals surface area contributed by atoms with Gasteiger partial charge in [0.25, 0.3) is 0 Å². The molecule has 0 aromatic heterocycles. The first-order chi connectivity index (χ1) is 7.70. The number of nitrogens with two attached hydrogens (primary N) is 1. The van der Waals surface area contributed by atoms with Crippen LogP contribution < -0.4 is 11.3 Å². The molecule has 0 aliphatic rings. The highest BCUT2D eigenvalue weighted by Gasteiger charge is 2.15. The first-order valence-corrected chi connectivity index (χ1v) is 5.79. The molecule has 0 bridgehead atoms. The van der Waals surface area contributed by atoms with Gasteiger partial charge in [0.05, 0.1) is 4.47 Å². The van der Waals surface area contributed by atoms with Crippen molar-refractivity contribution >= 4 is 15.9 Å². The Morgan fingerprint density at radius 2 is 2.31 bits per heavy atom. The molecule has 0 amide bonds. The highest BCUT2D eigenvalue weighted by molar-refractivity contribution is 9.10. The second-order valence-electron chi connectivity index (χ2n) is 3.33. The van der Waals surface area contributed by atoms with Crippen LogP contribution in [0.1, 0.15) is 31.4 Å². The van der Waals surface area contributed by atoms with E-state index in [0.717, 1.165) is 0 Å². The quantitative estimate of drug-likeness (QED) is 0.507. The Kier molecular flexibility index (Phi) is 5.47. The van der Waals surface area contributed by atoms with Crippen LogP contribution in [0.5, 0.6) is 0 Å². The summed E-state index contributed by atoms with van der Waals surface area (Å²) >= 11 is 3.15. The number of benzene rings is 1. The molecule has 0 heterocycles. The van der Waals surface area contributed by atoms with Gasteiger partial charge in [0.2, 0.25) is 0 Å². The van der Waals surface area contributed by atoms with Crippen molar-refractivity contribution < 1.29 is 4.39 Å².